The van der Waals surface area contributed by atoms with Crippen LogP contribution in [0.15, 0.2) is 42.5 Å². The first-order valence-corrected chi connectivity index (χ1v) is 6.03. The predicted molar refractivity (Wildman–Crippen MR) is 79.9 cm³/mol. The average molecular weight is 262 g/mol. The summed E-state index contributed by atoms with van der Waals surface area (Å²) in [5.41, 5.74) is 9.53. The van der Waals surface area contributed by atoms with Crippen LogP contribution < -0.4 is 16.0 Å². The summed E-state index contributed by atoms with van der Waals surface area (Å²) >= 11 is 5.87. The van der Waals surface area contributed by atoms with Gasteiger partial charge in [-0.1, -0.05) is 17.7 Å². The van der Waals surface area contributed by atoms with Crippen LogP contribution in [0.5, 0.6) is 0 Å². The van der Waals surface area contributed by atoms with Crippen molar-refractivity contribution in [1.82, 2.24) is 0 Å². The molecule has 0 fully saturated rings. The van der Waals surface area contributed by atoms with E-state index in [9.17, 15) is 0 Å². The number of benzene rings is 2. The number of nitrogens with zero attached hydrogens (tertiary/aromatic N) is 1. The van der Waals surface area contributed by atoms with E-state index in [1.54, 1.807) is 6.07 Å². The van der Waals surface area contributed by atoms with Gasteiger partial charge < -0.3 is 16.0 Å². The minimum absolute atomic E-state index is 0.637. The topological polar surface area (TPSA) is 41.3 Å². The molecule has 0 bridgehead atoms. The molecule has 2 aromatic rings. The fraction of sp³-hybridized carbons (Fsp3) is 0.143. The van der Waals surface area contributed by atoms with E-state index in [4.69, 9.17) is 17.3 Å². The fourth-order valence-corrected chi connectivity index (χ4v) is 1.85. The van der Waals surface area contributed by atoms with Crippen molar-refractivity contribution in [3.8, 4) is 0 Å². The van der Waals surface area contributed by atoms with E-state index in [-0.39, 0.29) is 0 Å². The van der Waals surface area contributed by atoms with E-state index in [1.807, 2.05) is 38.4 Å². The summed E-state index contributed by atoms with van der Waals surface area (Å²) in [6.45, 7) is 0. The van der Waals surface area contributed by atoms with Gasteiger partial charge in [0.15, 0.2) is 0 Å². The Hall–Kier alpha value is -1.87. The molecule has 0 radical (unpaired) electrons. The van der Waals surface area contributed by atoms with Gasteiger partial charge in [-0.05, 0) is 36.4 Å². The number of nitrogens with two attached hydrogens (primary N) is 1. The molecule has 0 saturated carbocycles. The van der Waals surface area contributed by atoms with Gasteiger partial charge in [-0.3, -0.25) is 0 Å². The molecule has 0 spiro atoms. The Labute approximate surface area is 112 Å². The molecule has 2 aromatic carbocycles. The van der Waals surface area contributed by atoms with Crippen LogP contribution in [0.25, 0.3) is 0 Å². The monoisotopic (exact) mass is 261 g/mol. The number of nitrogens with one attached hydrogen (secondary N) is 1. The highest BCUT2D eigenvalue weighted by Crippen LogP contribution is 2.27. The maximum atomic E-state index is 5.91. The van der Waals surface area contributed by atoms with Crippen LogP contribution in [0.4, 0.5) is 22.7 Å². The lowest BCUT2D eigenvalue weighted by molar-refractivity contribution is 1.13. The lowest BCUT2D eigenvalue weighted by Gasteiger charge is -2.15. The van der Waals surface area contributed by atoms with Crippen molar-refractivity contribution in [3.63, 3.8) is 0 Å². The predicted octanol–water partition coefficient (Wildman–Crippen LogP) is 3.73. The molecule has 0 heterocycles. The smallest absolute Gasteiger partial charge is 0.0618 e. The van der Waals surface area contributed by atoms with Crippen molar-refractivity contribution < 1.29 is 0 Å². The second-order valence-corrected chi connectivity index (χ2v) is 4.74. The zero-order valence-corrected chi connectivity index (χ0v) is 11.2. The van der Waals surface area contributed by atoms with Crippen molar-refractivity contribution in [2.45, 2.75) is 0 Å². The molecular weight excluding hydrogens is 246 g/mol. The highest BCUT2D eigenvalue weighted by Gasteiger charge is 2.02. The Kier molecular flexibility index (Phi) is 3.63. The maximum Gasteiger partial charge on any atom is 0.0618 e. The van der Waals surface area contributed by atoms with Gasteiger partial charge in [-0.15, -0.1) is 0 Å². The highest BCUT2D eigenvalue weighted by atomic mass is 35.5. The number of hydrogen-bond acceptors (Lipinski definition) is 3. The molecule has 0 aliphatic rings. The molecule has 0 saturated heterocycles. The summed E-state index contributed by atoms with van der Waals surface area (Å²) in [6, 6.07) is 13.5. The molecule has 0 aliphatic heterocycles. The van der Waals surface area contributed by atoms with Crippen LogP contribution in [0.3, 0.4) is 0 Å². The van der Waals surface area contributed by atoms with Crippen LogP contribution in [-0.2, 0) is 0 Å². The molecule has 0 atom stereocenters. The minimum Gasteiger partial charge on any atom is -0.397 e. The Morgan fingerprint density at radius 2 is 1.89 bits per heavy atom. The summed E-state index contributed by atoms with van der Waals surface area (Å²) in [6.07, 6.45) is 0. The molecule has 0 amide bonds. The van der Waals surface area contributed by atoms with E-state index >= 15 is 0 Å². The quantitative estimate of drug-likeness (QED) is 0.827. The number of rotatable bonds is 3. The van der Waals surface area contributed by atoms with Crippen LogP contribution in [0.1, 0.15) is 0 Å². The zero-order valence-electron chi connectivity index (χ0n) is 10.4. The van der Waals surface area contributed by atoms with Crippen LogP contribution in [-0.4, -0.2) is 14.1 Å². The molecule has 3 nitrogen and oxygen atoms in total. The molecule has 0 unspecified atom stereocenters. The largest absolute Gasteiger partial charge is 0.397 e. The molecule has 0 aromatic heterocycles. The van der Waals surface area contributed by atoms with Gasteiger partial charge >= 0.3 is 0 Å². The fourth-order valence-electron chi connectivity index (χ4n) is 1.66. The molecule has 94 valence electrons. The molecular formula is C14H16ClN3. The van der Waals surface area contributed by atoms with Gasteiger partial charge in [-0.25, -0.2) is 0 Å². The molecule has 18 heavy (non-hydrogen) atoms. The van der Waals surface area contributed by atoms with Crippen molar-refractivity contribution in [3.05, 3.63) is 47.5 Å². The van der Waals surface area contributed by atoms with Gasteiger partial charge in [0, 0.05) is 30.5 Å². The van der Waals surface area contributed by atoms with Gasteiger partial charge in [0.05, 0.1) is 11.4 Å². The van der Waals surface area contributed by atoms with Crippen molar-refractivity contribution in [2.75, 3.05) is 30.0 Å². The lowest BCUT2D eigenvalue weighted by Crippen LogP contribution is -2.08. The standard InChI is InChI=1S/C14H16ClN3/c1-18(2)12-5-3-4-11(9-12)17-14-7-6-10(15)8-13(14)16/h3-9,17H,16H2,1-2H3. The van der Waals surface area contributed by atoms with Crippen LogP contribution in [0.2, 0.25) is 5.02 Å². The molecule has 2 rings (SSSR count). The van der Waals surface area contributed by atoms with Gasteiger partial charge in [0.25, 0.3) is 0 Å². The van der Waals surface area contributed by atoms with E-state index in [0.29, 0.717) is 10.7 Å². The second-order valence-electron chi connectivity index (χ2n) is 4.30. The van der Waals surface area contributed by atoms with Crippen molar-refractivity contribution in [2.24, 2.45) is 0 Å². The van der Waals surface area contributed by atoms with Gasteiger partial charge in [-0.2, -0.15) is 0 Å². The van der Waals surface area contributed by atoms with Gasteiger partial charge in [0.2, 0.25) is 0 Å². The Balaban J connectivity index is 2.25. The number of anilines is 4. The Morgan fingerprint density at radius 3 is 2.56 bits per heavy atom. The lowest BCUT2D eigenvalue weighted by atomic mass is 10.2. The number of halogens is 1. The van der Waals surface area contributed by atoms with Gasteiger partial charge in [0.1, 0.15) is 0 Å². The first kappa shape index (κ1) is 12.6. The summed E-state index contributed by atoms with van der Waals surface area (Å²) < 4.78 is 0. The molecule has 4 heteroatoms. The van der Waals surface area contributed by atoms with E-state index in [2.05, 4.69) is 22.3 Å². The Bertz CT molecular complexity index is 552. The number of hydrogen-bond donors (Lipinski definition) is 2. The second kappa shape index (κ2) is 5.19. The number of nitrogen functional groups attached to an aromatic ring is 1. The summed E-state index contributed by atoms with van der Waals surface area (Å²) in [5, 5.41) is 3.92. The highest BCUT2D eigenvalue weighted by molar-refractivity contribution is 6.31. The summed E-state index contributed by atoms with van der Waals surface area (Å²) in [4.78, 5) is 2.05. The summed E-state index contributed by atoms with van der Waals surface area (Å²) in [7, 11) is 4.02. The third-order valence-electron chi connectivity index (χ3n) is 2.66. The van der Waals surface area contributed by atoms with E-state index in [0.717, 1.165) is 17.1 Å². The van der Waals surface area contributed by atoms with Crippen LogP contribution in [0, 0.1) is 0 Å². The normalized spacial score (nSPS) is 10.2. The SMILES string of the molecule is CN(C)c1cccc(Nc2ccc(Cl)cc2N)c1. The maximum absolute atomic E-state index is 5.91. The first-order valence-electron chi connectivity index (χ1n) is 5.66. The van der Waals surface area contributed by atoms with Crippen molar-refractivity contribution >= 4 is 34.4 Å². The van der Waals surface area contributed by atoms with Crippen molar-refractivity contribution in [1.29, 1.82) is 0 Å². The molecule has 0 aliphatic carbocycles. The molecule has 3 N–H and O–H groups in total. The van der Waals surface area contributed by atoms with Crippen LogP contribution >= 0.6 is 11.6 Å². The average Bonchev–Trinajstić information content (AvgIpc) is 2.33. The summed E-state index contributed by atoms with van der Waals surface area (Å²) in [5.74, 6) is 0. The zero-order chi connectivity index (χ0) is 13.1. The third-order valence-corrected chi connectivity index (χ3v) is 2.89. The third kappa shape index (κ3) is 2.87. The first-order chi connectivity index (χ1) is 8.56. The van der Waals surface area contributed by atoms with E-state index < -0.39 is 0 Å². The minimum atomic E-state index is 0.637. The van der Waals surface area contributed by atoms with E-state index in [1.165, 1.54) is 0 Å². The Morgan fingerprint density at radius 1 is 1.11 bits per heavy atom.